The Labute approximate surface area is 132 Å². The van der Waals surface area contributed by atoms with Crippen LogP contribution in [-0.2, 0) is 9.59 Å². The summed E-state index contributed by atoms with van der Waals surface area (Å²) in [7, 11) is 0. The zero-order chi connectivity index (χ0) is 15.2. The van der Waals surface area contributed by atoms with Crippen LogP contribution < -0.4 is 4.74 Å². The second kappa shape index (κ2) is 5.21. The highest BCUT2D eigenvalue weighted by molar-refractivity contribution is 8.01. The van der Waals surface area contributed by atoms with Crippen molar-refractivity contribution in [2.45, 2.75) is 37.6 Å². The minimum absolute atomic E-state index is 0.0276. The predicted molar refractivity (Wildman–Crippen MR) is 82.6 cm³/mol. The van der Waals surface area contributed by atoms with Gasteiger partial charge in [-0.3, -0.25) is 4.79 Å². The van der Waals surface area contributed by atoms with Crippen LogP contribution in [0.15, 0.2) is 18.2 Å². The van der Waals surface area contributed by atoms with Gasteiger partial charge in [0.1, 0.15) is 11.8 Å². The zero-order valence-corrected chi connectivity index (χ0v) is 13.5. The first-order chi connectivity index (χ1) is 9.90. The van der Waals surface area contributed by atoms with E-state index in [1.807, 2.05) is 19.9 Å². The number of halogens is 1. The Balaban J connectivity index is 1.80. The van der Waals surface area contributed by atoms with Crippen molar-refractivity contribution in [2.75, 3.05) is 5.75 Å². The molecule has 0 N–H and O–H groups in total. The number of fused-ring (bicyclic) bond motifs is 1. The molecule has 3 rings (SSSR count). The molecule has 2 atom stereocenters. The van der Waals surface area contributed by atoms with E-state index in [0.717, 1.165) is 12.0 Å². The maximum atomic E-state index is 12.4. The van der Waals surface area contributed by atoms with E-state index in [1.54, 1.807) is 28.8 Å². The number of amides is 1. The lowest BCUT2D eigenvalue weighted by molar-refractivity contribution is -0.146. The Kier molecular flexibility index (Phi) is 3.66. The minimum atomic E-state index is -0.522. The van der Waals surface area contributed by atoms with Crippen LogP contribution >= 0.6 is 23.4 Å². The van der Waals surface area contributed by atoms with Crippen molar-refractivity contribution in [2.24, 2.45) is 0 Å². The van der Waals surface area contributed by atoms with Crippen LogP contribution in [0.4, 0.5) is 0 Å². The number of thioether (sulfide) groups is 1. The fourth-order valence-electron chi connectivity index (χ4n) is 2.86. The van der Waals surface area contributed by atoms with E-state index in [4.69, 9.17) is 16.3 Å². The van der Waals surface area contributed by atoms with E-state index < -0.39 is 12.0 Å². The molecule has 2 aliphatic heterocycles. The summed E-state index contributed by atoms with van der Waals surface area (Å²) in [5.41, 5.74) is 0.963. The monoisotopic (exact) mass is 325 g/mol. The van der Waals surface area contributed by atoms with Crippen LogP contribution in [0.2, 0.25) is 5.02 Å². The summed E-state index contributed by atoms with van der Waals surface area (Å²) in [6.45, 7) is 3.91. The Morgan fingerprint density at radius 3 is 3.05 bits per heavy atom. The van der Waals surface area contributed by atoms with Crippen LogP contribution in [0.5, 0.6) is 5.75 Å². The maximum Gasteiger partial charge on any atom is 0.335 e. The second-order valence-corrected chi connectivity index (χ2v) is 7.53. The molecule has 112 valence electrons. The van der Waals surface area contributed by atoms with E-state index >= 15 is 0 Å². The molecular weight excluding hydrogens is 310 g/mol. The van der Waals surface area contributed by atoms with Crippen LogP contribution in [0.1, 0.15) is 25.3 Å². The van der Waals surface area contributed by atoms with Gasteiger partial charge in [-0.05, 0) is 38.0 Å². The van der Waals surface area contributed by atoms with Gasteiger partial charge in [0.25, 0.3) is 0 Å². The van der Waals surface area contributed by atoms with E-state index in [-0.39, 0.29) is 10.8 Å². The van der Waals surface area contributed by atoms with E-state index in [0.29, 0.717) is 22.9 Å². The van der Waals surface area contributed by atoms with Crippen molar-refractivity contribution in [1.29, 1.82) is 0 Å². The van der Waals surface area contributed by atoms with Gasteiger partial charge in [0, 0.05) is 12.2 Å². The molecule has 21 heavy (non-hydrogen) atoms. The fraction of sp³-hybridized carbons (Fsp3) is 0.467. The highest BCUT2D eigenvalue weighted by Crippen LogP contribution is 2.47. The molecule has 1 aromatic rings. The lowest BCUT2D eigenvalue weighted by Gasteiger charge is -2.29. The van der Waals surface area contributed by atoms with E-state index in [1.165, 1.54) is 0 Å². The van der Waals surface area contributed by atoms with Gasteiger partial charge in [0.15, 0.2) is 0 Å². The molecule has 0 unspecified atom stereocenters. The Morgan fingerprint density at radius 2 is 2.29 bits per heavy atom. The van der Waals surface area contributed by atoms with Gasteiger partial charge in [-0.2, -0.15) is 0 Å². The molecular formula is C15H16ClNO3S. The number of esters is 1. The van der Waals surface area contributed by atoms with Crippen molar-refractivity contribution in [1.82, 2.24) is 4.90 Å². The summed E-state index contributed by atoms with van der Waals surface area (Å²) in [5, 5.41) is 0.398. The van der Waals surface area contributed by atoms with Gasteiger partial charge in [-0.15, -0.1) is 11.8 Å². The number of nitrogens with zero attached hydrogens (tertiary/aromatic N) is 1. The minimum Gasteiger partial charge on any atom is -0.423 e. The van der Waals surface area contributed by atoms with Gasteiger partial charge >= 0.3 is 5.97 Å². The third-order valence-corrected chi connectivity index (χ3v) is 5.83. The van der Waals surface area contributed by atoms with Gasteiger partial charge in [-0.25, -0.2) is 4.79 Å². The van der Waals surface area contributed by atoms with Crippen molar-refractivity contribution in [3.8, 4) is 5.75 Å². The molecule has 0 saturated carbocycles. The summed E-state index contributed by atoms with van der Waals surface area (Å²) in [6, 6.07) is 4.76. The maximum absolute atomic E-state index is 12.4. The Morgan fingerprint density at radius 1 is 1.52 bits per heavy atom. The molecule has 2 fully saturated rings. The normalized spacial score (nSPS) is 27.9. The van der Waals surface area contributed by atoms with Crippen LogP contribution in [-0.4, -0.2) is 33.4 Å². The smallest absolute Gasteiger partial charge is 0.335 e. The summed E-state index contributed by atoms with van der Waals surface area (Å²) < 4.78 is 5.43. The molecule has 2 aliphatic rings. The first-order valence-electron chi connectivity index (χ1n) is 6.85. The average Bonchev–Trinajstić information content (AvgIpc) is 2.91. The Bertz CT molecular complexity index is 621. The van der Waals surface area contributed by atoms with E-state index in [2.05, 4.69) is 0 Å². The molecule has 0 bridgehead atoms. The van der Waals surface area contributed by atoms with Gasteiger partial charge in [0.2, 0.25) is 5.91 Å². The molecule has 0 spiro atoms. The highest BCUT2D eigenvalue weighted by atomic mass is 35.5. The van der Waals surface area contributed by atoms with Gasteiger partial charge in [-0.1, -0.05) is 17.7 Å². The molecule has 0 radical (unpaired) electrons. The number of carbonyl (C=O) groups is 2. The second-order valence-electron chi connectivity index (χ2n) is 5.62. The molecule has 6 heteroatoms. The predicted octanol–water partition coefficient (Wildman–Crippen LogP) is 3.01. The van der Waals surface area contributed by atoms with E-state index in [9.17, 15) is 9.59 Å². The largest absolute Gasteiger partial charge is 0.423 e. The topological polar surface area (TPSA) is 46.6 Å². The fourth-order valence-corrected chi connectivity index (χ4v) is 4.43. The van der Waals surface area contributed by atoms with Crippen molar-refractivity contribution in [3.63, 3.8) is 0 Å². The number of benzene rings is 1. The lowest BCUT2D eigenvalue weighted by atomic mass is 10.2. The van der Waals surface area contributed by atoms with Crippen LogP contribution in [0, 0.1) is 6.92 Å². The number of hydrogen-bond acceptors (Lipinski definition) is 4. The molecule has 4 nitrogen and oxygen atoms in total. The molecule has 2 heterocycles. The SMILES string of the molecule is Cc1ccc(Cl)c(OC(=O)[C@@H]2CS[C@@]3(C)CCC(=O)N23)c1. The summed E-state index contributed by atoms with van der Waals surface area (Å²) in [4.78, 5) is 25.9. The van der Waals surface area contributed by atoms with Gasteiger partial charge < -0.3 is 9.64 Å². The van der Waals surface area contributed by atoms with Crippen molar-refractivity contribution >= 4 is 35.2 Å². The van der Waals surface area contributed by atoms with Crippen LogP contribution in [0.25, 0.3) is 0 Å². The molecule has 1 aromatic carbocycles. The highest BCUT2D eigenvalue weighted by Gasteiger charge is 2.53. The number of aryl methyl sites for hydroxylation is 1. The summed E-state index contributed by atoms with van der Waals surface area (Å²) in [5.74, 6) is 0.547. The molecule has 2 saturated heterocycles. The summed E-state index contributed by atoms with van der Waals surface area (Å²) >= 11 is 7.70. The molecule has 1 amide bonds. The zero-order valence-electron chi connectivity index (χ0n) is 11.9. The van der Waals surface area contributed by atoms with Crippen molar-refractivity contribution < 1.29 is 14.3 Å². The number of ether oxygens (including phenoxy) is 1. The Hall–Kier alpha value is -1.20. The quantitative estimate of drug-likeness (QED) is 0.619. The van der Waals surface area contributed by atoms with Crippen LogP contribution in [0.3, 0.4) is 0 Å². The van der Waals surface area contributed by atoms with Crippen molar-refractivity contribution in [3.05, 3.63) is 28.8 Å². The van der Waals surface area contributed by atoms with Gasteiger partial charge in [0.05, 0.1) is 9.89 Å². The summed E-state index contributed by atoms with van der Waals surface area (Å²) in [6.07, 6.45) is 1.28. The first-order valence-corrected chi connectivity index (χ1v) is 8.21. The third-order valence-electron chi connectivity index (χ3n) is 4.01. The number of hydrogen-bond donors (Lipinski definition) is 0. The lowest BCUT2D eigenvalue weighted by Crippen LogP contribution is -2.47. The molecule has 0 aromatic heterocycles. The third kappa shape index (κ3) is 2.53. The standard InChI is InChI=1S/C15H16ClNO3S/c1-9-3-4-10(16)12(7-9)20-14(19)11-8-21-15(2)6-5-13(18)17(11)15/h3-4,7,11H,5-6,8H2,1-2H3/t11-,15-/m0/s1. The molecule has 0 aliphatic carbocycles. The first kappa shape index (κ1) is 14.7. The number of carbonyl (C=O) groups excluding carboxylic acids is 2. The average molecular weight is 326 g/mol. The number of rotatable bonds is 2.